The fourth-order valence-corrected chi connectivity index (χ4v) is 2.30. The molecule has 0 bridgehead atoms. The van der Waals surface area contributed by atoms with Gasteiger partial charge in [0.1, 0.15) is 0 Å². The first-order chi connectivity index (χ1) is 6.68. The van der Waals surface area contributed by atoms with Crippen molar-refractivity contribution in [3.63, 3.8) is 0 Å². The molecule has 2 N–H and O–H groups in total. The van der Waals surface area contributed by atoms with Crippen LogP contribution >= 0.6 is 0 Å². The van der Waals surface area contributed by atoms with Crippen molar-refractivity contribution in [2.75, 3.05) is 0 Å². The van der Waals surface area contributed by atoms with Crippen molar-refractivity contribution in [2.45, 2.75) is 45.7 Å². The molecule has 3 heteroatoms. The van der Waals surface area contributed by atoms with E-state index in [2.05, 4.69) is 36.3 Å². The van der Waals surface area contributed by atoms with E-state index >= 15 is 0 Å². The third kappa shape index (κ3) is 1.69. The van der Waals surface area contributed by atoms with Crippen molar-refractivity contribution in [3.05, 3.63) is 17.5 Å². The number of H-pyrrole nitrogens is 1. The van der Waals surface area contributed by atoms with Gasteiger partial charge in [0.25, 0.3) is 0 Å². The van der Waals surface area contributed by atoms with Crippen molar-refractivity contribution >= 4 is 0 Å². The van der Waals surface area contributed by atoms with Crippen LogP contribution in [0.3, 0.4) is 0 Å². The molecule has 3 nitrogen and oxygen atoms in total. The highest BCUT2D eigenvalue weighted by atomic mass is 15.1. The minimum atomic E-state index is 0.484. The molecular weight excluding hydrogens is 174 g/mol. The Hall–Kier alpha value is -0.830. The first-order valence-electron chi connectivity index (χ1n) is 5.44. The molecule has 1 aromatic rings. The van der Waals surface area contributed by atoms with E-state index in [9.17, 15) is 0 Å². The largest absolute Gasteiger partial charge is 0.307 e. The number of aryl methyl sites for hydroxylation is 1. The van der Waals surface area contributed by atoms with E-state index in [1.165, 1.54) is 24.1 Å². The zero-order valence-electron chi connectivity index (χ0n) is 9.17. The molecule has 0 saturated carbocycles. The summed E-state index contributed by atoms with van der Waals surface area (Å²) in [6, 6.07) is 1.11. The van der Waals surface area contributed by atoms with Gasteiger partial charge in [-0.2, -0.15) is 5.10 Å². The zero-order chi connectivity index (χ0) is 10.1. The molecule has 0 aromatic carbocycles. The van der Waals surface area contributed by atoms with Gasteiger partial charge in [-0.15, -0.1) is 0 Å². The summed E-state index contributed by atoms with van der Waals surface area (Å²) in [6.07, 6.45) is 4.56. The number of aromatic nitrogens is 2. The molecule has 14 heavy (non-hydrogen) atoms. The lowest BCUT2D eigenvalue weighted by molar-refractivity contribution is 0.257. The highest BCUT2D eigenvalue weighted by Gasteiger charge is 2.27. The molecule has 1 aliphatic rings. The van der Waals surface area contributed by atoms with Crippen molar-refractivity contribution in [3.8, 4) is 0 Å². The molecule has 1 fully saturated rings. The molecule has 2 heterocycles. The third-order valence-corrected chi connectivity index (χ3v) is 3.29. The van der Waals surface area contributed by atoms with Crippen molar-refractivity contribution in [1.82, 2.24) is 15.5 Å². The van der Waals surface area contributed by atoms with Crippen LogP contribution < -0.4 is 5.32 Å². The molecule has 1 saturated heterocycles. The number of aromatic amines is 1. The van der Waals surface area contributed by atoms with Gasteiger partial charge in [-0.05, 0) is 32.6 Å². The van der Waals surface area contributed by atoms with E-state index in [0.717, 1.165) is 0 Å². The number of piperidine rings is 1. The molecule has 0 aliphatic carbocycles. The number of nitrogens with one attached hydrogen (secondary N) is 2. The second-order valence-corrected chi connectivity index (χ2v) is 4.55. The fraction of sp³-hybridized carbons (Fsp3) is 0.727. The van der Waals surface area contributed by atoms with Gasteiger partial charge in [-0.1, -0.05) is 6.92 Å². The number of hydrogen-bond donors (Lipinski definition) is 2. The number of nitrogens with zero attached hydrogens (tertiary/aromatic N) is 1. The van der Waals surface area contributed by atoms with Crippen LogP contribution in [0.2, 0.25) is 0 Å². The maximum absolute atomic E-state index is 4.09. The Bertz CT molecular complexity index is 305. The molecule has 2 rings (SSSR count). The minimum absolute atomic E-state index is 0.484. The maximum atomic E-state index is 4.09. The van der Waals surface area contributed by atoms with Crippen LogP contribution in [-0.2, 0) is 0 Å². The Balaban J connectivity index is 2.20. The van der Waals surface area contributed by atoms with Gasteiger partial charge in [0, 0.05) is 23.3 Å². The standard InChI is InChI=1S/C11H19N3/c1-7-4-5-8(2)13-11(7)10-6-12-14-9(10)3/h6-8,11,13H,4-5H2,1-3H3,(H,12,14). The second-order valence-electron chi connectivity index (χ2n) is 4.55. The van der Waals surface area contributed by atoms with Crippen molar-refractivity contribution in [2.24, 2.45) is 5.92 Å². The van der Waals surface area contributed by atoms with Gasteiger partial charge in [-0.3, -0.25) is 5.10 Å². The molecule has 3 unspecified atom stereocenters. The van der Waals surface area contributed by atoms with Gasteiger partial charge in [0.05, 0.1) is 6.20 Å². The van der Waals surface area contributed by atoms with Gasteiger partial charge >= 0.3 is 0 Å². The van der Waals surface area contributed by atoms with Gasteiger partial charge < -0.3 is 5.32 Å². The molecule has 78 valence electrons. The smallest absolute Gasteiger partial charge is 0.0538 e. The summed E-state index contributed by atoms with van der Waals surface area (Å²) in [5, 5.41) is 10.8. The second kappa shape index (κ2) is 3.73. The van der Waals surface area contributed by atoms with Crippen LogP contribution in [-0.4, -0.2) is 16.2 Å². The lowest BCUT2D eigenvalue weighted by Crippen LogP contribution is -2.39. The number of hydrogen-bond acceptors (Lipinski definition) is 2. The number of rotatable bonds is 1. The van der Waals surface area contributed by atoms with E-state index in [4.69, 9.17) is 0 Å². The SMILES string of the molecule is Cc1[nH]ncc1C1NC(C)CCC1C. The van der Waals surface area contributed by atoms with E-state index in [-0.39, 0.29) is 0 Å². The maximum Gasteiger partial charge on any atom is 0.0538 e. The van der Waals surface area contributed by atoms with E-state index < -0.39 is 0 Å². The van der Waals surface area contributed by atoms with Gasteiger partial charge in [-0.25, -0.2) is 0 Å². The predicted octanol–water partition coefficient (Wildman–Crippen LogP) is 2.17. The Kier molecular flexibility index (Phi) is 2.59. The van der Waals surface area contributed by atoms with E-state index in [1.807, 2.05) is 6.20 Å². The Morgan fingerprint density at radius 3 is 2.79 bits per heavy atom. The fourth-order valence-electron chi connectivity index (χ4n) is 2.30. The monoisotopic (exact) mass is 193 g/mol. The normalized spacial score (nSPS) is 33.2. The van der Waals surface area contributed by atoms with Crippen molar-refractivity contribution < 1.29 is 0 Å². The average Bonchev–Trinajstić information content (AvgIpc) is 2.56. The van der Waals surface area contributed by atoms with Gasteiger partial charge in [0.15, 0.2) is 0 Å². The lowest BCUT2D eigenvalue weighted by atomic mass is 9.85. The summed E-state index contributed by atoms with van der Waals surface area (Å²) in [5.74, 6) is 0.711. The zero-order valence-corrected chi connectivity index (χ0v) is 9.17. The Labute approximate surface area is 85.3 Å². The first kappa shape index (κ1) is 9.71. The lowest BCUT2D eigenvalue weighted by Gasteiger charge is -2.34. The summed E-state index contributed by atoms with van der Waals surface area (Å²) in [6.45, 7) is 6.67. The van der Waals surface area contributed by atoms with Crippen molar-refractivity contribution in [1.29, 1.82) is 0 Å². The molecule has 3 atom stereocenters. The van der Waals surface area contributed by atoms with E-state index in [0.29, 0.717) is 18.0 Å². The summed E-state index contributed by atoms with van der Waals surface area (Å²) in [7, 11) is 0. The molecule has 1 aliphatic heterocycles. The third-order valence-electron chi connectivity index (χ3n) is 3.29. The summed E-state index contributed by atoms with van der Waals surface area (Å²) >= 11 is 0. The Morgan fingerprint density at radius 1 is 1.36 bits per heavy atom. The first-order valence-corrected chi connectivity index (χ1v) is 5.44. The predicted molar refractivity (Wildman–Crippen MR) is 57.1 cm³/mol. The highest BCUT2D eigenvalue weighted by molar-refractivity contribution is 5.20. The summed E-state index contributed by atoms with van der Waals surface area (Å²) in [4.78, 5) is 0. The molecule has 0 spiro atoms. The highest BCUT2D eigenvalue weighted by Crippen LogP contribution is 2.31. The van der Waals surface area contributed by atoms with Crippen LogP contribution in [0.15, 0.2) is 6.20 Å². The summed E-state index contributed by atoms with van der Waals surface area (Å²) in [5.41, 5.74) is 2.53. The van der Waals surface area contributed by atoms with E-state index in [1.54, 1.807) is 0 Å². The minimum Gasteiger partial charge on any atom is -0.307 e. The quantitative estimate of drug-likeness (QED) is 0.717. The van der Waals surface area contributed by atoms with Gasteiger partial charge in [0.2, 0.25) is 0 Å². The molecule has 0 radical (unpaired) electrons. The van der Waals surface area contributed by atoms with Crippen LogP contribution in [0, 0.1) is 12.8 Å². The Morgan fingerprint density at radius 2 is 2.14 bits per heavy atom. The molecular formula is C11H19N3. The topological polar surface area (TPSA) is 40.7 Å². The van der Waals surface area contributed by atoms with Crippen LogP contribution in [0.1, 0.15) is 44.0 Å². The average molecular weight is 193 g/mol. The van der Waals surface area contributed by atoms with Crippen LogP contribution in [0.4, 0.5) is 0 Å². The van der Waals surface area contributed by atoms with Crippen LogP contribution in [0.25, 0.3) is 0 Å². The molecule has 0 amide bonds. The summed E-state index contributed by atoms with van der Waals surface area (Å²) < 4.78 is 0. The molecule has 1 aromatic heterocycles. The van der Waals surface area contributed by atoms with Crippen LogP contribution in [0.5, 0.6) is 0 Å².